The maximum absolute atomic E-state index is 5.09. The number of nitrogens with zero attached hydrogens (tertiary/aromatic N) is 2. The van der Waals surface area contributed by atoms with Gasteiger partial charge in [0, 0.05) is 38.3 Å². The van der Waals surface area contributed by atoms with Crippen LogP contribution in [0.3, 0.4) is 0 Å². The Morgan fingerprint density at radius 3 is 3.00 bits per heavy atom. The predicted molar refractivity (Wildman–Crippen MR) is 58.7 cm³/mol. The van der Waals surface area contributed by atoms with Gasteiger partial charge >= 0.3 is 0 Å². The Labute approximate surface area is 89.0 Å². The van der Waals surface area contributed by atoms with Gasteiger partial charge in [-0.1, -0.05) is 11.8 Å². The summed E-state index contributed by atoms with van der Waals surface area (Å²) in [7, 11) is 5.67. The molecule has 0 bridgehead atoms. The van der Waals surface area contributed by atoms with Crippen molar-refractivity contribution >= 4 is 11.8 Å². The maximum Gasteiger partial charge on any atom is 0.167 e. The molecule has 0 aliphatic heterocycles. The highest BCUT2D eigenvalue weighted by molar-refractivity contribution is 7.99. The molecule has 0 amide bonds. The second-order valence-corrected chi connectivity index (χ2v) is 4.06. The Morgan fingerprint density at radius 1 is 1.71 bits per heavy atom. The van der Waals surface area contributed by atoms with Crippen molar-refractivity contribution in [3.05, 3.63) is 12.4 Å². The molecule has 0 aromatic carbocycles. The van der Waals surface area contributed by atoms with Crippen LogP contribution < -0.4 is 5.32 Å². The van der Waals surface area contributed by atoms with Crippen LogP contribution in [0.1, 0.15) is 0 Å². The maximum atomic E-state index is 5.09. The minimum absolute atomic E-state index is 0.377. The molecule has 0 saturated heterocycles. The topological polar surface area (TPSA) is 39.1 Å². The first-order valence-electron chi connectivity index (χ1n) is 4.54. The number of aryl methyl sites for hydroxylation is 1. The number of nitrogens with one attached hydrogen (secondary N) is 1. The lowest BCUT2D eigenvalue weighted by Gasteiger charge is -2.13. The monoisotopic (exact) mass is 215 g/mol. The molecule has 1 N–H and O–H groups in total. The second kappa shape index (κ2) is 6.06. The first-order chi connectivity index (χ1) is 6.77. The molecule has 5 heteroatoms. The van der Waals surface area contributed by atoms with Gasteiger partial charge in [-0.05, 0) is 7.05 Å². The van der Waals surface area contributed by atoms with Gasteiger partial charge in [0.1, 0.15) is 0 Å². The van der Waals surface area contributed by atoms with E-state index in [0.29, 0.717) is 6.04 Å². The molecule has 0 fully saturated rings. The Balaban J connectivity index is 2.35. The van der Waals surface area contributed by atoms with Crippen LogP contribution in [0.5, 0.6) is 0 Å². The van der Waals surface area contributed by atoms with E-state index in [2.05, 4.69) is 10.3 Å². The fourth-order valence-corrected chi connectivity index (χ4v) is 2.10. The lowest BCUT2D eigenvalue weighted by atomic mass is 10.4. The first kappa shape index (κ1) is 11.6. The zero-order valence-corrected chi connectivity index (χ0v) is 9.67. The van der Waals surface area contributed by atoms with Gasteiger partial charge in [0.15, 0.2) is 5.16 Å². The fourth-order valence-electron chi connectivity index (χ4n) is 1.08. The molecule has 80 valence electrons. The van der Waals surface area contributed by atoms with Crippen molar-refractivity contribution in [1.29, 1.82) is 0 Å². The van der Waals surface area contributed by atoms with E-state index >= 15 is 0 Å². The summed E-state index contributed by atoms with van der Waals surface area (Å²) in [5, 5.41) is 4.24. The van der Waals surface area contributed by atoms with Crippen molar-refractivity contribution < 1.29 is 4.74 Å². The van der Waals surface area contributed by atoms with E-state index in [0.717, 1.165) is 17.5 Å². The van der Waals surface area contributed by atoms with Gasteiger partial charge in [-0.25, -0.2) is 4.98 Å². The third-order valence-electron chi connectivity index (χ3n) is 1.97. The normalized spacial score (nSPS) is 13.1. The molecule has 0 aliphatic rings. The lowest BCUT2D eigenvalue weighted by Crippen LogP contribution is -2.32. The van der Waals surface area contributed by atoms with Gasteiger partial charge in [0.25, 0.3) is 0 Å². The van der Waals surface area contributed by atoms with Gasteiger partial charge in [-0.2, -0.15) is 0 Å². The van der Waals surface area contributed by atoms with Crippen LogP contribution in [0.2, 0.25) is 0 Å². The summed E-state index contributed by atoms with van der Waals surface area (Å²) in [5.74, 6) is 0.967. The van der Waals surface area contributed by atoms with Crippen molar-refractivity contribution in [2.45, 2.75) is 11.2 Å². The van der Waals surface area contributed by atoms with Crippen molar-refractivity contribution in [2.24, 2.45) is 7.05 Å². The number of likely N-dealkylation sites (N-methyl/N-ethyl adjacent to an activating group) is 1. The summed E-state index contributed by atoms with van der Waals surface area (Å²) in [6, 6.07) is 0.377. The Kier molecular flexibility index (Phi) is 5.00. The third kappa shape index (κ3) is 3.32. The van der Waals surface area contributed by atoms with Crippen LogP contribution in [0.15, 0.2) is 17.6 Å². The van der Waals surface area contributed by atoms with E-state index in [-0.39, 0.29) is 0 Å². The minimum atomic E-state index is 0.377. The molecule has 1 aromatic rings. The molecule has 0 saturated carbocycles. The summed E-state index contributed by atoms with van der Waals surface area (Å²) in [6.07, 6.45) is 3.76. The van der Waals surface area contributed by atoms with Crippen LogP contribution in [0.4, 0.5) is 0 Å². The highest BCUT2D eigenvalue weighted by Crippen LogP contribution is 2.15. The molecule has 1 aromatic heterocycles. The average Bonchev–Trinajstić information content (AvgIpc) is 2.59. The average molecular weight is 215 g/mol. The Bertz CT molecular complexity index is 264. The molecule has 0 radical (unpaired) electrons. The number of hydrogen-bond donors (Lipinski definition) is 1. The largest absolute Gasteiger partial charge is 0.383 e. The highest BCUT2D eigenvalue weighted by atomic mass is 32.2. The summed E-state index contributed by atoms with van der Waals surface area (Å²) in [5.41, 5.74) is 0. The number of aromatic nitrogens is 2. The van der Waals surface area contributed by atoms with E-state index in [4.69, 9.17) is 4.74 Å². The second-order valence-electron chi connectivity index (χ2n) is 3.07. The number of hydrogen-bond acceptors (Lipinski definition) is 4. The minimum Gasteiger partial charge on any atom is -0.383 e. The fraction of sp³-hybridized carbons (Fsp3) is 0.667. The number of thioether (sulfide) groups is 1. The number of imidazole rings is 1. The molecule has 1 atom stereocenters. The molecule has 1 heterocycles. The Hall–Kier alpha value is -0.520. The van der Waals surface area contributed by atoms with Crippen molar-refractivity contribution in [3.63, 3.8) is 0 Å². The predicted octanol–water partition coefficient (Wildman–Crippen LogP) is 0.747. The van der Waals surface area contributed by atoms with E-state index in [1.165, 1.54) is 0 Å². The number of methoxy groups -OCH3 is 1. The third-order valence-corrected chi connectivity index (χ3v) is 3.19. The lowest BCUT2D eigenvalue weighted by molar-refractivity contribution is 0.177. The van der Waals surface area contributed by atoms with Gasteiger partial charge in [0.2, 0.25) is 0 Å². The van der Waals surface area contributed by atoms with Gasteiger partial charge in [-0.3, -0.25) is 0 Å². The molecule has 1 rings (SSSR count). The zero-order chi connectivity index (χ0) is 10.4. The van der Waals surface area contributed by atoms with Crippen LogP contribution in [0.25, 0.3) is 0 Å². The van der Waals surface area contributed by atoms with E-state index in [1.807, 2.05) is 31.1 Å². The quantitative estimate of drug-likeness (QED) is 0.711. The number of ether oxygens (including phenoxy) is 1. The summed E-state index contributed by atoms with van der Waals surface area (Å²) < 4.78 is 7.11. The van der Waals surface area contributed by atoms with E-state index < -0.39 is 0 Å². The number of rotatable bonds is 6. The van der Waals surface area contributed by atoms with Crippen molar-refractivity contribution in [1.82, 2.24) is 14.9 Å². The molecular formula is C9H17N3OS. The first-order valence-corrected chi connectivity index (χ1v) is 5.52. The van der Waals surface area contributed by atoms with Gasteiger partial charge in [0.05, 0.1) is 6.61 Å². The molecule has 14 heavy (non-hydrogen) atoms. The molecule has 4 nitrogen and oxygen atoms in total. The van der Waals surface area contributed by atoms with Crippen LogP contribution in [-0.4, -0.2) is 42.1 Å². The molecule has 0 spiro atoms. The molecule has 0 aliphatic carbocycles. The van der Waals surface area contributed by atoms with Gasteiger partial charge in [-0.15, -0.1) is 0 Å². The molecule has 1 unspecified atom stereocenters. The standard InChI is InChI=1S/C9H17N3OS/c1-10-8(6-13-3)7-14-9-11-4-5-12(9)2/h4-5,8,10H,6-7H2,1-3H3. The SMILES string of the molecule is CNC(COC)CSc1nccn1C. The van der Waals surface area contributed by atoms with Crippen molar-refractivity contribution in [2.75, 3.05) is 26.5 Å². The molecular weight excluding hydrogens is 198 g/mol. The smallest absolute Gasteiger partial charge is 0.167 e. The van der Waals surface area contributed by atoms with E-state index in [1.54, 1.807) is 18.9 Å². The van der Waals surface area contributed by atoms with Gasteiger partial charge < -0.3 is 14.6 Å². The van der Waals surface area contributed by atoms with Crippen LogP contribution >= 0.6 is 11.8 Å². The van der Waals surface area contributed by atoms with Crippen molar-refractivity contribution in [3.8, 4) is 0 Å². The van der Waals surface area contributed by atoms with E-state index in [9.17, 15) is 0 Å². The summed E-state index contributed by atoms with van der Waals surface area (Å²) in [6.45, 7) is 0.730. The summed E-state index contributed by atoms with van der Waals surface area (Å²) >= 11 is 1.74. The zero-order valence-electron chi connectivity index (χ0n) is 8.86. The Morgan fingerprint density at radius 2 is 2.50 bits per heavy atom. The highest BCUT2D eigenvalue weighted by Gasteiger charge is 2.07. The van der Waals surface area contributed by atoms with Crippen LogP contribution in [-0.2, 0) is 11.8 Å². The van der Waals surface area contributed by atoms with Crippen LogP contribution in [0, 0.1) is 0 Å². The summed E-state index contributed by atoms with van der Waals surface area (Å²) in [4.78, 5) is 4.24.